The fourth-order valence-corrected chi connectivity index (χ4v) is 0.919. The maximum Gasteiger partial charge on any atom is 0.257 e. The van der Waals surface area contributed by atoms with Crippen LogP contribution in [-0.4, -0.2) is 18.7 Å². The van der Waals surface area contributed by atoms with Crippen LogP contribution in [0.5, 0.6) is 0 Å². The van der Waals surface area contributed by atoms with Gasteiger partial charge in [0.15, 0.2) is 0 Å². The highest BCUT2D eigenvalue weighted by atomic mass is 79.9. The molecule has 0 saturated heterocycles. The third-order valence-electron chi connectivity index (χ3n) is 1.18. The topological polar surface area (TPSA) is 12.4 Å². The number of alkyl halides is 2. The van der Waals surface area contributed by atoms with Crippen molar-refractivity contribution in [2.45, 2.75) is 26.7 Å². The van der Waals surface area contributed by atoms with Crippen LogP contribution in [0.3, 0.4) is 0 Å². The van der Waals surface area contributed by atoms with E-state index in [4.69, 9.17) is 0 Å². The lowest BCUT2D eigenvalue weighted by molar-refractivity contribution is 0.159. The van der Waals surface area contributed by atoms with E-state index in [-0.39, 0.29) is 0 Å². The van der Waals surface area contributed by atoms with Crippen molar-refractivity contribution in [1.82, 2.24) is 0 Å². The van der Waals surface area contributed by atoms with Crippen LogP contribution >= 0.6 is 15.9 Å². The second-order valence-corrected chi connectivity index (χ2v) is 3.34. The molecule has 0 radical (unpaired) electrons. The summed E-state index contributed by atoms with van der Waals surface area (Å²) >= 11 is 3.28. The predicted molar refractivity (Wildman–Crippen MR) is 51.3 cm³/mol. The lowest BCUT2D eigenvalue weighted by Gasteiger charge is -1.95. The van der Waals surface area contributed by atoms with Crippen molar-refractivity contribution < 1.29 is 8.78 Å². The molecule has 0 aliphatic carbocycles. The molecule has 0 bridgehead atoms. The highest BCUT2D eigenvalue weighted by Crippen LogP contribution is 2.09. The minimum absolute atomic E-state index is 0.410. The van der Waals surface area contributed by atoms with Crippen molar-refractivity contribution in [2.24, 2.45) is 4.99 Å². The smallest absolute Gasteiger partial charge is 0.257 e. The molecule has 4 heteroatoms. The first-order valence-electron chi connectivity index (χ1n) is 3.71. The summed E-state index contributed by atoms with van der Waals surface area (Å²) in [7, 11) is 0. The first-order valence-corrected chi connectivity index (χ1v) is 4.50. The molecular formula is C8H12BrF2N. The summed E-state index contributed by atoms with van der Waals surface area (Å²) < 4.78 is 24.3. The Balaban J connectivity index is 4.01. The molecule has 0 spiro atoms. The third-order valence-corrected chi connectivity index (χ3v) is 1.97. The van der Waals surface area contributed by atoms with E-state index in [0.717, 1.165) is 10.9 Å². The molecule has 70 valence electrons. The number of hydrogen-bond acceptors (Lipinski definition) is 1. The van der Waals surface area contributed by atoms with Gasteiger partial charge in [0, 0.05) is 5.71 Å². The van der Waals surface area contributed by atoms with Crippen LogP contribution in [0.4, 0.5) is 8.78 Å². The summed E-state index contributed by atoms with van der Waals surface area (Å²) in [6.45, 7) is 3.27. The van der Waals surface area contributed by atoms with Crippen molar-refractivity contribution in [2.75, 3.05) is 6.54 Å². The zero-order valence-corrected chi connectivity index (χ0v) is 8.74. The van der Waals surface area contributed by atoms with Crippen LogP contribution in [0, 0.1) is 0 Å². The van der Waals surface area contributed by atoms with Gasteiger partial charge in [0.25, 0.3) is 6.43 Å². The van der Waals surface area contributed by atoms with Gasteiger partial charge in [-0.15, -0.1) is 0 Å². The summed E-state index contributed by atoms with van der Waals surface area (Å²) in [4.78, 5) is 3.67. The molecule has 1 nitrogen and oxygen atoms in total. The maximum atomic E-state index is 11.7. The summed E-state index contributed by atoms with van der Waals surface area (Å²) in [5.41, 5.74) is 0.629. The van der Waals surface area contributed by atoms with Crippen molar-refractivity contribution in [3.8, 4) is 0 Å². The summed E-state index contributed by atoms with van der Waals surface area (Å²) in [5, 5.41) is 0. The van der Waals surface area contributed by atoms with Gasteiger partial charge in [0.05, 0.1) is 0 Å². The van der Waals surface area contributed by atoms with Gasteiger partial charge in [0.1, 0.15) is 6.54 Å². The van der Waals surface area contributed by atoms with Gasteiger partial charge in [-0.25, -0.2) is 8.78 Å². The normalized spacial score (nSPS) is 14.2. The minimum Gasteiger partial charge on any atom is -0.284 e. The highest BCUT2D eigenvalue weighted by molar-refractivity contribution is 9.11. The number of allylic oxidation sites excluding steroid dienone is 2. The first kappa shape index (κ1) is 11.8. The van der Waals surface area contributed by atoms with E-state index < -0.39 is 13.0 Å². The maximum absolute atomic E-state index is 11.7. The second-order valence-electron chi connectivity index (χ2n) is 2.32. The van der Waals surface area contributed by atoms with Gasteiger partial charge >= 0.3 is 0 Å². The van der Waals surface area contributed by atoms with Crippen LogP contribution in [-0.2, 0) is 0 Å². The number of hydrogen-bond donors (Lipinski definition) is 0. The van der Waals surface area contributed by atoms with E-state index in [1.165, 1.54) is 0 Å². The molecule has 0 N–H and O–H groups in total. The molecule has 0 aromatic heterocycles. The largest absolute Gasteiger partial charge is 0.284 e. The van der Waals surface area contributed by atoms with Gasteiger partial charge in [-0.1, -0.05) is 22.9 Å². The Morgan fingerprint density at radius 3 is 2.58 bits per heavy atom. The van der Waals surface area contributed by atoms with E-state index >= 15 is 0 Å². The fraction of sp³-hybridized carbons (Fsp3) is 0.625. The van der Waals surface area contributed by atoms with Gasteiger partial charge < -0.3 is 0 Å². The van der Waals surface area contributed by atoms with Crippen molar-refractivity contribution in [3.63, 3.8) is 0 Å². The van der Waals surface area contributed by atoms with Crippen LogP contribution in [0.2, 0.25) is 0 Å². The SMILES string of the molecule is CC/C(Br)=C\C(C)=NCC(F)F. The van der Waals surface area contributed by atoms with Gasteiger partial charge in [-0.05, 0) is 23.9 Å². The molecule has 0 amide bonds. The molecular weight excluding hydrogens is 228 g/mol. The lowest BCUT2D eigenvalue weighted by atomic mass is 10.3. The summed E-state index contributed by atoms with van der Waals surface area (Å²) in [6.07, 6.45) is 0.248. The Hall–Kier alpha value is -0.250. The molecule has 12 heavy (non-hydrogen) atoms. The zero-order chi connectivity index (χ0) is 9.56. The summed E-state index contributed by atoms with van der Waals surface area (Å²) in [5.74, 6) is 0. The molecule has 0 aliphatic rings. The molecule has 0 rings (SSSR count). The fourth-order valence-electron chi connectivity index (χ4n) is 0.587. The van der Waals surface area contributed by atoms with E-state index in [2.05, 4.69) is 20.9 Å². The number of halogens is 3. The quantitative estimate of drug-likeness (QED) is 0.668. The van der Waals surface area contributed by atoms with Crippen molar-refractivity contribution in [3.05, 3.63) is 10.6 Å². The molecule has 0 aromatic carbocycles. The third kappa shape index (κ3) is 6.46. The Kier molecular flexibility index (Phi) is 6.16. The second kappa shape index (κ2) is 6.29. The molecule has 0 unspecified atom stereocenters. The monoisotopic (exact) mass is 239 g/mol. The van der Waals surface area contributed by atoms with Crippen LogP contribution in [0.15, 0.2) is 15.6 Å². The highest BCUT2D eigenvalue weighted by Gasteiger charge is 1.98. The van der Waals surface area contributed by atoms with Crippen LogP contribution < -0.4 is 0 Å². The van der Waals surface area contributed by atoms with Gasteiger partial charge in [-0.3, -0.25) is 4.99 Å². The molecule has 0 heterocycles. The van der Waals surface area contributed by atoms with Crippen molar-refractivity contribution >= 4 is 21.6 Å². The average molecular weight is 240 g/mol. The first-order chi connectivity index (χ1) is 5.56. The van der Waals surface area contributed by atoms with E-state index in [1.807, 2.05) is 6.92 Å². The van der Waals surface area contributed by atoms with Gasteiger partial charge in [0.2, 0.25) is 0 Å². The molecule has 0 aliphatic heterocycles. The summed E-state index contributed by atoms with van der Waals surface area (Å²) in [6, 6.07) is 0. The minimum atomic E-state index is -2.35. The van der Waals surface area contributed by atoms with E-state index in [0.29, 0.717) is 5.71 Å². The molecule has 0 atom stereocenters. The zero-order valence-electron chi connectivity index (χ0n) is 7.15. The Labute approximate surface area is 79.7 Å². The average Bonchev–Trinajstić information content (AvgIpc) is 2.00. The van der Waals surface area contributed by atoms with Crippen molar-refractivity contribution in [1.29, 1.82) is 0 Å². The predicted octanol–water partition coefficient (Wildman–Crippen LogP) is 3.40. The number of rotatable bonds is 4. The van der Waals surface area contributed by atoms with E-state index in [1.54, 1.807) is 13.0 Å². The Morgan fingerprint density at radius 1 is 1.58 bits per heavy atom. The standard InChI is InChI=1S/C8H12BrF2N/c1-3-7(9)4-6(2)12-5-8(10)11/h4,8H,3,5H2,1-2H3/b7-4+,12-6?. The lowest BCUT2D eigenvalue weighted by Crippen LogP contribution is -1.98. The number of nitrogens with zero attached hydrogens (tertiary/aromatic N) is 1. The molecule has 0 saturated carbocycles. The number of aliphatic imine (C=N–C) groups is 1. The Morgan fingerprint density at radius 2 is 2.17 bits per heavy atom. The molecule has 0 fully saturated rings. The van der Waals surface area contributed by atoms with Crippen LogP contribution in [0.1, 0.15) is 20.3 Å². The van der Waals surface area contributed by atoms with Gasteiger partial charge in [-0.2, -0.15) is 0 Å². The molecule has 0 aromatic rings. The van der Waals surface area contributed by atoms with Crippen LogP contribution in [0.25, 0.3) is 0 Å². The Bertz CT molecular complexity index is 187. The van der Waals surface area contributed by atoms with E-state index in [9.17, 15) is 8.78 Å².